The van der Waals surface area contributed by atoms with Crippen LogP contribution in [-0.2, 0) is 11.2 Å². The van der Waals surface area contributed by atoms with Crippen LogP contribution >= 0.6 is 0 Å². The highest BCUT2D eigenvalue weighted by Gasteiger charge is 2.18. The minimum atomic E-state index is -0.570. The van der Waals surface area contributed by atoms with Crippen LogP contribution in [0.4, 0.5) is 0 Å². The molecule has 0 saturated carbocycles. The van der Waals surface area contributed by atoms with Crippen molar-refractivity contribution < 1.29 is 9.53 Å². The Morgan fingerprint density at radius 2 is 1.81 bits per heavy atom. The Balaban J connectivity index is 1.72. The van der Waals surface area contributed by atoms with Crippen molar-refractivity contribution in [3.05, 3.63) is 111 Å². The van der Waals surface area contributed by atoms with E-state index in [-0.39, 0.29) is 17.0 Å². The van der Waals surface area contributed by atoms with Gasteiger partial charge in [0.1, 0.15) is 28.6 Å². The van der Waals surface area contributed by atoms with Crippen molar-refractivity contribution in [1.29, 1.82) is 5.26 Å². The van der Waals surface area contributed by atoms with E-state index in [1.807, 2.05) is 81.4 Å². The van der Waals surface area contributed by atoms with Crippen LogP contribution in [0.25, 0.3) is 11.7 Å². The molecule has 1 N–H and O–H groups in total. The molecule has 0 unspecified atom stereocenters. The largest absolute Gasteiger partial charge is 0.438 e. The van der Waals surface area contributed by atoms with Crippen molar-refractivity contribution in [2.24, 2.45) is 0 Å². The van der Waals surface area contributed by atoms with E-state index in [9.17, 15) is 14.9 Å². The van der Waals surface area contributed by atoms with Gasteiger partial charge >= 0.3 is 0 Å². The first-order valence-electron chi connectivity index (χ1n) is 11.6. The summed E-state index contributed by atoms with van der Waals surface area (Å²) < 4.78 is 7.46. The van der Waals surface area contributed by atoms with Gasteiger partial charge in [0.05, 0.1) is 0 Å². The normalized spacial score (nSPS) is 11.2. The number of ether oxygens (including phenoxy) is 1. The molecule has 0 atom stereocenters. The van der Waals surface area contributed by atoms with Gasteiger partial charge in [0.2, 0.25) is 5.88 Å². The third-order valence-corrected chi connectivity index (χ3v) is 5.65. The highest BCUT2D eigenvalue weighted by Crippen LogP contribution is 2.26. The van der Waals surface area contributed by atoms with Gasteiger partial charge in [0.25, 0.3) is 11.5 Å². The number of rotatable bonds is 7. The summed E-state index contributed by atoms with van der Waals surface area (Å²) in [7, 11) is 0. The first kappa shape index (κ1) is 24.4. The van der Waals surface area contributed by atoms with Crippen LogP contribution in [0, 0.1) is 32.1 Å². The van der Waals surface area contributed by atoms with Gasteiger partial charge in [-0.05, 0) is 73.7 Å². The number of amides is 1. The Morgan fingerprint density at radius 3 is 2.50 bits per heavy atom. The minimum absolute atomic E-state index is 0.0204. The topological polar surface area (TPSA) is 96.5 Å². The smallest absolute Gasteiger partial charge is 0.269 e. The maximum atomic E-state index is 13.5. The number of carbonyl (C=O) groups is 1. The zero-order valence-electron chi connectivity index (χ0n) is 20.4. The predicted molar refractivity (Wildman–Crippen MR) is 139 cm³/mol. The number of hydrogen-bond acceptors (Lipinski definition) is 5. The highest BCUT2D eigenvalue weighted by molar-refractivity contribution is 6.01. The summed E-state index contributed by atoms with van der Waals surface area (Å²) in [6.07, 6.45) is 3.47. The Morgan fingerprint density at radius 1 is 1.08 bits per heavy atom. The van der Waals surface area contributed by atoms with E-state index < -0.39 is 11.5 Å². The zero-order valence-corrected chi connectivity index (χ0v) is 20.4. The molecule has 0 bridgehead atoms. The average Bonchev–Trinajstić information content (AvgIpc) is 2.84. The molecule has 0 aliphatic heterocycles. The molecule has 2 aromatic heterocycles. The van der Waals surface area contributed by atoms with Gasteiger partial charge < -0.3 is 10.1 Å². The van der Waals surface area contributed by atoms with Crippen LogP contribution in [0.2, 0.25) is 0 Å². The zero-order chi connectivity index (χ0) is 25.7. The SMILES string of the molecule is Cc1cc(C)cc(Oc2nc3c(C)cccn3c(=O)c2/C=C(\C#N)C(=O)NCCc2ccccc2)c1. The highest BCUT2D eigenvalue weighted by atomic mass is 16.5. The lowest BCUT2D eigenvalue weighted by Gasteiger charge is -2.12. The Labute approximate surface area is 209 Å². The Kier molecular flexibility index (Phi) is 7.26. The van der Waals surface area contributed by atoms with E-state index in [1.54, 1.807) is 12.3 Å². The van der Waals surface area contributed by atoms with Crippen molar-refractivity contribution in [2.75, 3.05) is 6.54 Å². The fourth-order valence-corrected chi connectivity index (χ4v) is 3.95. The monoisotopic (exact) mass is 478 g/mol. The van der Waals surface area contributed by atoms with Crippen LogP contribution in [-0.4, -0.2) is 21.8 Å². The van der Waals surface area contributed by atoms with E-state index in [1.165, 1.54) is 10.5 Å². The number of aromatic nitrogens is 2. The van der Waals surface area contributed by atoms with Crippen molar-refractivity contribution in [3.63, 3.8) is 0 Å². The summed E-state index contributed by atoms with van der Waals surface area (Å²) in [6, 6.07) is 20.9. The third-order valence-electron chi connectivity index (χ3n) is 5.65. The van der Waals surface area contributed by atoms with Crippen LogP contribution in [0.5, 0.6) is 11.6 Å². The number of fused-ring (bicyclic) bond motifs is 1. The van der Waals surface area contributed by atoms with Crippen LogP contribution in [0.15, 0.2) is 77.2 Å². The fraction of sp³-hybridized carbons (Fsp3) is 0.172. The standard InChI is InChI=1S/C29H26N4O3/c1-19-14-20(2)16-24(15-19)36-28-25(29(35)33-13-7-8-21(3)26(33)32-28)17-23(18-30)27(34)31-12-11-22-9-5-4-6-10-22/h4-10,13-17H,11-12H2,1-3H3,(H,31,34)/b23-17+. The molecular weight excluding hydrogens is 452 g/mol. The molecule has 0 spiro atoms. The summed E-state index contributed by atoms with van der Waals surface area (Å²) in [5, 5.41) is 12.5. The molecule has 0 saturated heterocycles. The summed E-state index contributed by atoms with van der Waals surface area (Å²) >= 11 is 0. The number of aryl methyl sites for hydroxylation is 3. The fourth-order valence-electron chi connectivity index (χ4n) is 3.95. The summed E-state index contributed by atoms with van der Waals surface area (Å²) in [4.78, 5) is 30.8. The van der Waals surface area contributed by atoms with Crippen molar-refractivity contribution in [3.8, 4) is 17.7 Å². The second kappa shape index (κ2) is 10.7. The van der Waals surface area contributed by atoms with Crippen molar-refractivity contribution >= 4 is 17.6 Å². The predicted octanol–water partition coefficient (Wildman–Crippen LogP) is 4.68. The molecule has 2 heterocycles. The number of nitriles is 1. The van der Waals surface area contributed by atoms with Crippen LogP contribution in [0.3, 0.4) is 0 Å². The Hall–Kier alpha value is -4.70. The molecule has 7 nitrogen and oxygen atoms in total. The van der Waals surface area contributed by atoms with Crippen molar-refractivity contribution in [1.82, 2.24) is 14.7 Å². The van der Waals surface area contributed by atoms with E-state index >= 15 is 0 Å². The van der Waals surface area contributed by atoms with E-state index in [0.29, 0.717) is 24.4 Å². The molecule has 0 radical (unpaired) electrons. The molecule has 180 valence electrons. The van der Waals surface area contributed by atoms with Gasteiger partial charge in [0.15, 0.2) is 0 Å². The molecule has 2 aromatic carbocycles. The third kappa shape index (κ3) is 5.50. The van der Waals surface area contributed by atoms with Gasteiger partial charge in [-0.25, -0.2) is 0 Å². The van der Waals surface area contributed by atoms with Gasteiger partial charge in [0, 0.05) is 12.7 Å². The summed E-state index contributed by atoms with van der Waals surface area (Å²) in [6.45, 7) is 6.09. The van der Waals surface area contributed by atoms with Gasteiger partial charge in [-0.3, -0.25) is 14.0 Å². The average molecular weight is 479 g/mol. The second-order valence-corrected chi connectivity index (χ2v) is 8.61. The molecule has 4 rings (SSSR count). The number of carbonyl (C=O) groups excluding carboxylic acids is 1. The molecule has 0 aliphatic rings. The minimum Gasteiger partial charge on any atom is -0.438 e. The molecule has 1 amide bonds. The van der Waals surface area contributed by atoms with Crippen LogP contribution < -0.4 is 15.6 Å². The van der Waals surface area contributed by atoms with E-state index in [0.717, 1.165) is 22.3 Å². The number of hydrogen-bond donors (Lipinski definition) is 1. The van der Waals surface area contributed by atoms with Gasteiger partial charge in [-0.15, -0.1) is 0 Å². The Bertz CT molecular complexity index is 1540. The molecule has 0 fully saturated rings. The number of benzene rings is 2. The second-order valence-electron chi connectivity index (χ2n) is 8.61. The molecule has 36 heavy (non-hydrogen) atoms. The summed E-state index contributed by atoms with van der Waals surface area (Å²) in [5.41, 5.74) is 3.65. The van der Waals surface area contributed by atoms with Crippen molar-refractivity contribution in [2.45, 2.75) is 27.2 Å². The molecule has 7 heteroatoms. The maximum Gasteiger partial charge on any atom is 0.269 e. The first-order valence-corrected chi connectivity index (χ1v) is 11.6. The first-order chi connectivity index (χ1) is 17.4. The maximum absolute atomic E-state index is 13.5. The lowest BCUT2D eigenvalue weighted by molar-refractivity contribution is -0.117. The molecular formula is C29H26N4O3. The molecule has 4 aromatic rings. The van der Waals surface area contributed by atoms with E-state index in [4.69, 9.17) is 4.74 Å². The summed E-state index contributed by atoms with van der Waals surface area (Å²) in [5.74, 6) is -0.0264. The van der Waals surface area contributed by atoms with Gasteiger partial charge in [-0.2, -0.15) is 10.2 Å². The van der Waals surface area contributed by atoms with E-state index in [2.05, 4.69) is 10.3 Å². The quantitative estimate of drug-likeness (QED) is 0.307. The number of pyridine rings is 1. The van der Waals surface area contributed by atoms with Gasteiger partial charge in [-0.1, -0.05) is 42.5 Å². The number of nitrogens with zero attached hydrogens (tertiary/aromatic N) is 3. The van der Waals surface area contributed by atoms with Crippen LogP contribution in [0.1, 0.15) is 27.8 Å². The number of nitrogens with one attached hydrogen (secondary N) is 1. The molecule has 0 aliphatic carbocycles. The lowest BCUT2D eigenvalue weighted by atomic mass is 10.1. The lowest BCUT2D eigenvalue weighted by Crippen LogP contribution is -2.27.